The van der Waals surface area contributed by atoms with Gasteiger partial charge in [-0.15, -0.1) is 0 Å². The molecule has 0 unspecified atom stereocenters. The molecule has 0 atom stereocenters. The van der Waals surface area contributed by atoms with Crippen molar-refractivity contribution in [1.29, 1.82) is 5.41 Å². The number of nitrogen functional groups attached to an aromatic ring is 1. The van der Waals surface area contributed by atoms with Crippen LogP contribution in [0.3, 0.4) is 0 Å². The first kappa shape index (κ1) is 11.0. The van der Waals surface area contributed by atoms with Gasteiger partial charge in [-0.1, -0.05) is 11.6 Å². The van der Waals surface area contributed by atoms with Crippen molar-refractivity contribution >= 4 is 29.2 Å². The molecule has 0 aliphatic heterocycles. The van der Waals surface area contributed by atoms with Gasteiger partial charge in [0.2, 0.25) is 0 Å². The largest absolute Gasteiger partial charge is 0.440 e. The van der Waals surface area contributed by atoms with E-state index in [-0.39, 0.29) is 5.84 Å². The summed E-state index contributed by atoms with van der Waals surface area (Å²) in [7, 11) is 0. The van der Waals surface area contributed by atoms with E-state index in [1.807, 2.05) is 6.07 Å². The second-order valence-electron chi connectivity index (χ2n) is 2.96. The summed E-state index contributed by atoms with van der Waals surface area (Å²) in [6.45, 7) is 0. The van der Waals surface area contributed by atoms with Crippen molar-refractivity contribution in [3.8, 4) is 0 Å². The first-order chi connectivity index (χ1) is 7.66. The van der Waals surface area contributed by atoms with E-state index in [0.717, 1.165) is 4.90 Å². The van der Waals surface area contributed by atoms with Gasteiger partial charge >= 0.3 is 0 Å². The van der Waals surface area contributed by atoms with E-state index in [9.17, 15) is 0 Å². The van der Waals surface area contributed by atoms with Crippen molar-refractivity contribution in [3.05, 3.63) is 41.2 Å². The Bertz CT molecular complexity index is 513. The average Bonchev–Trinajstić information content (AvgIpc) is 2.70. The number of hydrogen-bond donors (Lipinski definition) is 2. The summed E-state index contributed by atoms with van der Waals surface area (Å²) in [4.78, 5) is 4.87. The molecule has 1 aromatic heterocycles. The molecule has 2 rings (SSSR count). The summed E-state index contributed by atoms with van der Waals surface area (Å²) in [6.07, 6.45) is 3.09. The molecule has 0 aliphatic rings. The number of rotatable bonds is 3. The van der Waals surface area contributed by atoms with Crippen molar-refractivity contribution in [1.82, 2.24) is 4.98 Å². The minimum absolute atomic E-state index is 0.0438. The third kappa shape index (κ3) is 2.37. The Morgan fingerprint density at radius 1 is 1.50 bits per heavy atom. The van der Waals surface area contributed by atoms with Crippen LogP contribution >= 0.6 is 23.4 Å². The maximum Gasteiger partial charge on any atom is 0.260 e. The van der Waals surface area contributed by atoms with Crippen LogP contribution in [-0.2, 0) is 0 Å². The van der Waals surface area contributed by atoms with E-state index < -0.39 is 0 Å². The number of aromatic nitrogens is 1. The number of nitrogens with zero attached hydrogens (tertiary/aromatic N) is 1. The normalized spacial score (nSPS) is 10.3. The number of oxazole rings is 1. The highest BCUT2D eigenvalue weighted by molar-refractivity contribution is 7.99. The van der Waals surface area contributed by atoms with Crippen LogP contribution in [0.5, 0.6) is 0 Å². The van der Waals surface area contributed by atoms with Crippen LogP contribution in [0.4, 0.5) is 0 Å². The van der Waals surface area contributed by atoms with E-state index >= 15 is 0 Å². The fourth-order valence-corrected chi connectivity index (χ4v) is 2.22. The number of nitrogens with one attached hydrogen (secondary N) is 1. The minimum Gasteiger partial charge on any atom is -0.440 e. The Hall–Kier alpha value is -1.46. The lowest BCUT2D eigenvalue weighted by molar-refractivity contribution is 0.454. The molecular formula is C10H8ClN3OS. The Kier molecular flexibility index (Phi) is 3.17. The maximum absolute atomic E-state index is 7.30. The molecule has 3 N–H and O–H groups in total. The molecule has 0 saturated heterocycles. The highest BCUT2D eigenvalue weighted by Gasteiger charge is 2.07. The fourth-order valence-electron chi connectivity index (χ4n) is 1.14. The summed E-state index contributed by atoms with van der Waals surface area (Å²) in [6, 6.07) is 5.25. The first-order valence-electron chi connectivity index (χ1n) is 4.38. The zero-order valence-electron chi connectivity index (χ0n) is 8.11. The van der Waals surface area contributed by atoms with Gasteiger partial charge in [0.1, 0.15) is 12.1 Å². The number of benzene rings is 1. The molecule has 6 heteroatoms. The van der Waals surface area contributed by atoms with Gasteiger partial charge in [-0.05, 0) is 30.0 Å². The minimum atomic E-state index is -0.0438. The van der Waals surface area contributed by atoms with Crippen LogP contribution in [0.1, 0.15) is 5.56 Å². The van der Waals surface area contributed by atoms with E-state index in [4.69, 9.17) is 27.2 Å². The Balaban J connectivity index is 2.24. The maximum atomic E-state index is 7.30. The molecule has 4 nitrogen and oxygen atoms in total. The topological polar surface area (TPSA) is 75.9 Å². The summed E-state index contributed by atoms with van der Waals surface area (Å²) >= 11 is 7.33. The van der Waals surface area contributed by atoms with Gasteiger partial charge < -0.3 is 10.2 Å². The summed E-state index contributed by atoms with van der Waals surface area (Å²) in [5.74, 6) is -0.0438. The number of hydrogen-bond acceptors (Lipinski definition) is 4. The summed E-state index contributed by atoms with van der Waals surface area (Å²) in [5, 5.41) is 8.29. The fraction of sp³-hybridized carbons (Fsp3) is 0. The predicted molar refractivity (Wildman–Crippen MR) is 63.1 cm³/mol. The smallest absolute Gasteiger partial charge is 0.260 e. The van der Waals surface area contributed by atoms with E-state index in [1.165, 1.54) is 18.0 Å². The van der Waals surface area contributed by atoms with Crippen LogP contribution in [0, 0.1) is 5.41 Å². The molecule has 0 aliphatic carbocycles. The second kappa shape index (κ2) is 4.59. The van der Waals surface area contributed by atoms with Gasteiger partial charge in [-0.3, -0.25) is 5.41 Å². The zero-order valence-corrected chi connectivity index (χ0v) is 9.68. The van der Waals surface area contributed by atoms with Gasteiger partial charge in [0.15, 0.2) is 0 Å². The van der Waals surface area contributed by atoms with E-state index in [2.05, 4.69) is 4.98 Å². The molecule has 0 amide bonds. The lowest BCUT2D eigenvalue weighted by Gasteiger charge is -2.03. The van der Waals surface area contributed by atoms with Crippen molar-refractivity contribution in [2.24, 2.45) is 5.73 Å². The molecule has 0 spiro atoms. The standard InChI is InChI=1S/C10H8ClN3OS/c11-8-5-6(1-2-7(8)9(12)13)16-10-14-3-4-15-10/h1-5H,(H3,12,13). The van der Waals surface area contributed by atoms with Crippen LogP contribution in [-0.4, -0.2) is 10.8 Å². The van der Waals surface area contributed by atoms with Crippen LogP contribution in [0.25, 0.3) is 0 Å². The van der Waals surface area contributed by atoms with Crippen molar-refractivity contribution in [2.75, 3.05) is 0 Å². The zero-order chi connectivity index (χ0) is 11.5. The number of halogens is 1. The average molecular weight is 254 g/mol. The van der Waals surface area contributed by atoms with E-state index in [1.54, 1.807) is 18.3 Å². The molecule has 82 valence electrons. The lowest BCUT2D eigenvalue weighted by Crippen LogP contribution is -2.11. The first-order valence-corrected chi connectivity index (χ1v) is 5.57. The summed E-state index contributed by atoms with van der Waals surface area (Å²) < 4.78 is 5.10. The molecule has 1 heterocycles. The van der Waals surface area contributed by atoms with Crippen molar-refractivity contribution in [2.45, 2.75) is 10.1 Å². The van der Waals surface area contributed by atoms with Gasteiger partial charge in [-0.25, -0.2) is 4.98 Å². The lowest BCUT2D eigenvalue weighted by atomic mass is 10.2. The van der Waals surface area contributed by atoms with Gasteiger partial charge in [0.25, 0.3) is 5.22 Å². The third-order valence-corrected chi connectivity index (χ3v) is 3.02. The summed E-state index contributed by atoms with van der Waals surface area (Å²) in [5.41, 5.74) is 5.89. The molecule has 0 saturated carbocycles. The monoisotopic (exact) mass is 253 g/mol. The Morgan fingerprint density at radius 2 is 2.31 bits per heavy atom. The van der Waals surface area contributed by atoms with Crippen LogP contribution < -0.4 is 5.73 Å². The molecule has 0 radical (unpaired) electrons. The SMILES string of the molecule is N=C(N)c1ccc(Sc2ncco2)cc1Cl. The second-order valence-corrected chi connectivity index (χ2v) is 4.39. The number of amidine groups is 1. The molecule has 2 aromatic rings. The highest BCUT2D eigenvalue weighted by atomic mass is 35.5. The van der Waals surface area contributed by atoms with Crippen LogP contribution in [0.2, 0.25) is 5.02 Å². The van der Waals surface area contributed by atoms with Crippen molar-refractivity contribution < 1.29 is 4.42 Å². The van der Waals surface area contributed by atoms with Gasteiger partial charge in [0.05, 0.1) is 11.2 Å². The van der Waals surface area contributed by atoms with Crippen LogP contribution in [0.15, 0.2) is 45.2 Å². The molecule has 1 aromatic carbocycles. The Labute approximate surface area is 101 Å². The third-order valence-electron chi connectivity index (χ3n) is 1.85. The molecule has 16 heavy (non-hydrogen) atoms. The Morgan fingerprint density at radius 3 is 2.88 bits per heavy atom. The van der Waals surface area contributed by atoms with Crippen molar-refractivity contribution in [3.63, 3.8) is 0 Å². The highest BCUT2D eigenvalue weighted by Crippen LogP contribution is 2.29. The van der Waals surface area contributed by atoms with Gasteiger partial charge in [-0.2, -0.15) is 0 Å². The van der Waals surface area contributed by atoms with E-state index in [0.29, 0.717) is 15.8 Å². The van der Waals surface area contributed by atoms with Gasteiger partial charge in [0, 0.05) is 10.5 Å². The molecule has 0 bridgehead atoms. The molecular weight excluding hydrogens is 246 g/mol. The quantitative estimate of drug-likeness (QED) is 0.651. The molecule has 0 fully saturated rings. The predicted octanol–water partition coefficient (Wildman–Crippen LogP) is 2.76. The number of nitrogens with two attached hydrogens (primary N) is 1.